The highest BCUT2D eigenvalue weighted by atomic mass is 16.2. The van der Waals surface area contributed by atoms with E-state index in [0.717, 1.165) is 12.8 Å². The minimum Gasteiger partial charge on any atom is -0.395 e. The number of hydrogen-bond donors (Lipinski definition) is 2. The molecule has 1 amide bonds. The number of hydrogen-bond acceptors (Lipinski definition) is 2. The van der Waals surface area contributed by atoms with Gasteiger partial charge in [0.2, 0.25) is 0 Å². The number of carbonyl (C=O) groups is 1. The fourth-order valence-electron chi connectivity index (χ4n) is 2.08. The minimum atomic E-state index is -0.0760. The molecule has 114 valence electrons. The van der Waals surface area contributed by atoms with Crippen molar-refractivity contribution >= 4 is 5.91 Å². The summed E-state index contributed by atoms with van der Waals surface area (Å²) in [4.78, 5) is 12.3. The van der Waals surface area contributed by atoms with Crippen LogP contribution in [0.15, 0.2) is 24.3 Å². The van der Waals surface area contributed by atoms with E-state index in [2.05, 4.69) is 24.1 Å². The van der Waals surface area contributed by atoms with Gasteiger partial charge in [0.25, 0.3) is 5.91 Å². The summed E-state index contributed by atoms with van der Waals surface area (Å²) in [6.45, 7) is 4.24. The summed E-state index contributed by atoms with van der Waals surface area (Å²) in [5, 5.41) is 11.8. The van der Waals surface area contributed by atoms with Gasteiger partial charge < -0.3 is 10.4 Å². The zero-order chi connectivity index (χ0) is 15.5. The number of aliphatic hydroxyl groups excluding tert-OH is 1. The van der Waals surface area contributed by atoms with Crippen molar-refractivity contribution in [1.29, 1.82) is 0 Å². The Kier molecular flexibility index (Phi) is 8.23. The van der Waals surface area contributed by atoms with Gasteiger partial charge in [0.15, 0.2) is 0 Å². The molecular formula is C18H25NO2. The second-order valence-corrected chi connectivity index (χ2v) is 5.19. The molecule has 0 bridgehead atoms. The average molecular weight is 287 g/mol. The first-order valence-corrected chi connectivity index (χ1v) is 7.68. The summed E-state index contributed by atoms with van der Waals surface area (Å²) < 4.78 is 0. The van der Waals surface area contributed by atoms with Crippen LogP contribution < -0.4 is 5.32 Å². The number of rotatable bonds is 7. The van der Waals surface area contributed by atoms with E-state index >= 15 is 0 Å². The van der Waals surface area contributed by atoms with Gasteiger partial charge in [-0.2, -0.15) is 0 Å². The van der Waals surface area contributed by atoms with E-state index in [1.807, 2.05) is 25.1 Å². The lowest BCUT2D eigenvalue weighted by atomic mass is 10.1. The molecule has 0 saturated carbocycles. The highest BCUT2D eigenvalue weighted by Crippen LogP contribution is 2.09. The average Bonchev–Trinajstić information content (AvgIpc) is 2.48. The topological polar surface area (TPSA) is 49.3 Å². The maximum Gasteiger partial charge on any atom is 0.252 e. The fraction of sp³-hybridized carbons (Fsp3) is 0.500. The monoisotopic (exact) mass is 287 g/mol. The Bertz CT molecular complexity index is 499. The largest absolute Gasteiger partial charge is 0.395 e. The number of unbranched alkanes of at least 4 members (excludes halogenated alkanes) is 2. The third kappa shape index (κ3) is 6.46. The van der Waals surface area contributed by atoms with Crippen molar-refractivity contribution in [3.05, 3.63) is 35.4 Å². The Morgan fingerprint density at radius 3 is 2.81 bits per heavy atom. The maximum absolute atomic E-state index is 12.3. The molecule has 3 heteroatoms. The number of aliphatic hydroxyl groups is 1. The normalized spacial score (nSPS) is 11.4. The minimum absolute atomic E-state index is 0.0375. The summed E-state index contributed by atoms with van der Waals surface area (Å²) in [7, 11) is 0. The van der Waals surface area contributed by atoms with Crippen LogP contribution in [0.3, 0.4) is 0 Å². The third-order valence-electron chi connectivity index (χ3n) is 3.25. The summed E-state index contributed by atoms with van der Waals surface area (Å²) in [5.41, 5.74) is 1.31. The first kappa shape index (κ1) is 17.3. The fourth-order valence-corrected chi connectivity index (χ4v) is 2.08. The van der Waals surface area contributed by atoms with Crippen LogP contribution in [0.4, 0.5) is 0 Å². The van der Waals surface area contributed by atoms with Crippen molar-refractivity contribution in [1.82, 2.24) is 5.32 Å². The highest BCUT2D eigenvalue weighted by molar-refractivity contribution is 5.96. The molecule has 21 heavy (non-hydrogen) atoms. The molecule has 0 aliphatic carbocycles. The van der Waals surface area contributed by atoms with Gasteiger partial charge >= 0.3 is 0 Å². The standard InChI is InChI=1S/C18H25NO2/c1-3-4-5-10-15(2)19-18(21)17-13-7-6-11-16(17)12-8-9-14-20/h6-7,11,13,15,20H,3-5,9-10,14H2,1-2H3,(H,19,21). The van der Waals surface area contributed by atoms with Crippen LogP contribution in [0.5, 0.6) is 0 Å². The number of carbonyl (C=O) groups excluding carboxylic acids is 1. The summed E-state index contributed by atoms with van der Waals surface area (Å²) in [6, 6.07) is 7.50. The first-order chi connectivity index (χ1) is 10.2. The third-order valence-corrected chi connectivity index (χ3v) is 3.25. The Morgan fingerprint density at radius 1 is 1.33 bits per heavy atom. The van der Waals surface area contributed by atoms with E-state index in [4.69, 9.17) is 5.11 Å². The first-order valence-electron chi connectivity index (χ1n) is 7.68. The van der Waals surface area contributed by atoms with Gasteiger partial charge in [-0.3, -0.25) is 4.79 Å². The van der Waals surface area contributed by atoms with Crippen LogP contribution in [0, 0.1) is 11.8 Å². The van der Waals surface area contributed by atoms with Crippen LogP contribution in [0.1, 0.15) is 61.9 Å². The maximum atomic E-state index is 12.3. The van der Waals surface area contributed by atoms with Gasteiger partial charge in [0.1, 0.15) is 0 Å². The van der Waals surface area contributed by atoms with E-state index in [0.29, 0.717) is 17.5 Å². The molecule has 0 spiro atoms. The second kappa shape index (κ2) is 10.0. The predicted octanol–water partition coefficient (Wildman–Crippen LogP) is 3.12. The van der Waals surface area contributed by atoms with Crippen molar-refractivity contribution in [3.63, 3.8) is 0 Å². The summed E-state index contributed by atoms with van der Waals surface area (Å²) in [5.74, 6) is 5.74. The van der Waals surface area contributed by atoms with Crippen LogP contribution in [-0.2, 0) is 0 Å². The van der Waals surface area contributed by atoms with Crippen molar-refractivity contribution in [3.8, 4) is 11.8 Å². The molecule has 3 nitrogen and oxygen atoms in total. The highest BCUT2D eigenvalue weighted by Gasteiger charge is 2.12. The van der Waals surface area contributed by atoms with E-state index in [-0.39, 0.29) is 18.6 Å². The Labute approximate surface area is 127 Å². The van der Waals surface area contributed by atoms with Crippen LogP contribution in [-0.4, -0.2) is 23.7 Å². The predicted molar refractivity (Wildman–Crippen MR) is 86.1 cm³/mol. The summed E-state index contributed by atoms with van der Waals surface area (Å²) >= 11 is 0. The van der Waals surface area contributed by atoms with E-state index < -0.39 is 0 Å². The van der Waals surface area contributed by atoms with Crippen molar-refractivity contribution < 1.29 is 9.90 Å². The van der Waals surface area contributed by atoms with Gasteiger partial charge in [-0.25, -0.2) is 0 Å². The smallest absolute Gasteiger partial charge is 0.252 e. The lowest BCUT2D eigenvalue weighted by molar-refractivity contribution is 0.0937. The molecule has 0 aliphatic heterocycles. The Hall–Kier alpha value is -1.79. The Morgan fingerprint density at radius 2 is 2.10 bits per heavy atom. The molecule has 2 N–H and O–H groups in total. The molecule has 0 heterocycles. The molecular weight excluding hydrogens is 262 g/mol. The molecule has 0 saturated heterocycles. The number of nitrogens with one attached hydrogen (secondary N) is 1. The molecule has 1 aromatic rings. The molecule has 1 aromatic carbocycles. The van der Waals surface area contributed by atoms with E-state index in [1.54, 1.807) is 6.07 Å². The molecule has 1 rings (SSSR count). The molecule has 0 fully saturated rings. The number of amides is 1. The molecule has 1 unspecified atom stereocenters. The van der Waals surface area contributed by atoms with E-state index in [9.17, 15) is 4.79 Å². The Balaban J connectivity index is 2.67. The van der Waals surface area contributed by atoms with Crippen molar-refractivity contribution in [2.45, 2.75) is 52.0 Å². The quantitative estimate of drug-likeness (QED) is 0.598. The zero-order valence-corrected chi connectivity index (χ0v) is 13.0. The lowest BCUT2D eigenvalue weighted by Gasteiger charge is -2.14. The van der Waals surface area contributed by atoms with Crippen molar-refractivity contribution in [2.24, 2.45) is 0 Å². The number of benzene rings is 1. The molecule has 0 aromatic heterocycles. The SMILES string of the molecule is CCCCCC(C)NC(=O)c1ccccc1C#CCCO. The lowest BCUT2D eigenvalue weighted by Crippen LogP contribution is -2.32. The summed E-state index contributed by atoms with van der Waals surface area (Å²) in [6.07, 6.45) is 4.94. The van der Waals surface area contributed by atoms with E-state index in [1.165, 1.54) is 12.8 Å². The van der Waals surface area contributed by atoms with Crippen LogP contribution in [0.25, 0.3) is 0 Å². The second-order valence-electron chi connectivity index (χ2n) is 5.19. The zero-order valence-electron chi connectivity index (χ0n) is 13.0. The van der Waals surface area contributed by atoms with Gasteiger partial charge in [-0.15, -0.1) is 0 Å². The van der Waals surface area contributed by atoms with Gasteiger partial charge in [0, 0.05) is 18.0 Å². The van der Waals surface area contributed by atoms with Crippen LogP contribution in [0.2, 0.25) is 0 Å². The molecule has 0 radical (unpaired) electrons. The van der Waals surface area contributed by atoms with Gasteiger partial charge in [0.05, 0.1) is 12.2 Å². The van der Waals surface area contributed by atoms with Gasteiger partial charge in [-0.1, -0.05) is 50.2 Å². The molecule has 0 aliphatic rings. The van der Waals surface area contributed by atoms with Gasteiger partial charge in [-0.05, 0) is 25.5 Å². The van der Waals surface area contributed by atoms with Crippen LogP contribution >= 0.6 is 0 Å². The molecule has 1 atom stereocenters. The van der Waals surface area contributed by atoms with Crippen molar-refractivity contribution in [2.75, 3.05) is 6.61 Å².